The van der Waals surface area contributed by atoms with Crippen LogP contribution in [-0.2, 0) is 0 Å². The van der Waals surface area contributed by atoms with E-state index in [4.69, 9.17) is 0 Å². The predicted molar refractivity (Wildman–Crippen MR) is 64.6 cm³/mol. The molecule has 2 aromatic heterocycles. The molecule has 2 aliphatic carbocycles. The van der Waals surface area contributed by atoms with Gasteiger partial charge in [-0.05, 0) is 37.0 Å². The minimum Gasteiger partial charge on any atom is -0.368 e. The van der Waals surface area contributed by atoms with Gasteiger partial charge in [-0.2, -0.15) is 0 Å². The van der Waals surface area contributed by atoms with Crippen molar-refractivity contribution in [2.24, 2.45) is 11.3 Å². The maximum atomic E-state index is 4.30. The quantitative estimate of drug-likeness (QED) is 0.841. The first kappa shape index (κ1) is 9.39. The Bertz CT molecular complexity index is 553. The zero-order chi connectivity index (χ0) is 11.3. The molecule has 0 amide bonds. The Morgan fingerprint density at radius 1 is 1.29 bits per heavy atom. The smallest absolute Gasteiger partial charge is 0.182 e. The van der Waals surface area contributed by atoms with Crippen molar-refractivity contribution in [1.29, 1.82) is 0 Å². The number of nitrogens with one attached hydrogen (secondary N) is 2. The highest BCUT2D eigenvalue weighted by Gasteiger charge is 2.53. The van der Waals surface area contributed by atoms with Gasteiger partial charge in [0.15, 0.2) is 11.5 Å². The summed E-state index contributed by atoms with van der Waals surface area (Å²) in [6, 6.07) is 0. The molecule has 0 spiro atoms. The second kappa shape index (κ2) is 3.18. The average molecular weight is 229 g/mol. The third kappa shape index (κ3) is 1.49. The minimum absolute atomic E-state index is 0.581. The first-order valence-electron chi connectivity index (χ1n) is 6.25. The van der Waals surface area contributed by atoms with Gasteiger partial charge < -0.3 is 10.3 Å². The lowest BCUT2D eigenvalue weighted by Crippen LogP contribution is -2.18. The standard InChI is InChI=1S/C12H15N5/c1-2-8(1)12(3-4-12)5-13-10-9-11(15-6-14-9)17-7-16-10/h6-8H,1-5H2,(H2,13,14,15,16,17). The van der Waals surface area contributed by atoms with Crippen molar-refractivity contribution in [2.75, 3.05) is 11.9 Å². The molecule has 5 heteroatoms. The third-order valence-electron chi connectivity index (χ3n) is 4.17. The van der Waals surface area contributed by atoms with Crippen molar-refractivity contribution < 1.29 is 0 Å². The molecule has 0 aromatic carbocycles. The highest BCUT2D eigenvalue weighted by Crippen LogP contribution is 2.61. The van der Waals surface area contributed by atoms with Gasteiger partial charge in [0.1, 0.15) is 11.8 Å². The highest BCUT2D eigenvalue weighted by molar-refractivity contribution is 5.81. The number of hydrogen-bond donors (Lipinski definition) is 2. The van der Waals surface area contributed by atoms with Crippen molar-refractivity contribution in [2.45, 2.75) is 25.7 Å². The maximum Gasteiger partial charge on any atom is 0.182 e. The molecule has 88 valence electrons. The molecule has 2 fully saturated rings. The number of aromatic amines is 1. The molecule has 0 aliphatic heterocycles. The number of rotatable bonds is 4. The van der Waals surface area contributed by atoms with Gasteiger partial charge in [-0.1, -0.05) is 0 Å². The van der Waals surface area contributed by atoms with E-state index in [1.807, 2.05) is 0 Å². The SMILES string of the molecule is c1nc(NCC2(C3CC3)CC2)c2[nH]cnc2n1. The monoisotopic (exact) mass is 229 g/mol. The first-order chi connectivity index (χ1) is 8.37. The molecular weight excluding hydrogens is 214 g/mol. The van der Waals surface area contributed by atoms with Crippen LogP contribution < -0.4 is 5.32 Å². The summed E-state index contributed by atoms with van der Waals surface area (Å²) in [6.45, 7) is 1.04. The molecule has 2 aliphatic rings. The van der Waals surface area contributed by atoms with E-state index >= 15 is 0 Å². The van der Waals surface area contributed by atoms with Crippen molar-refractivity contribution in [3.8, 4) is 0 Å². The Morgan fingerprint density at radius 2 is 2.18 bits per heavy atom. The van der Waals surface area contributed by atoms with E-state index in [-0.39, 0.29) is 0 Å². The van der Waals surface area contributed by atoms with Crippen LogP contribution in [0.4, 0.5) is 5.82 Å². The molecule has 17 heavy (non-hydrogen) atoms. The number of nitrogens with zero attached hydrogens (tertiary/aromatic N) is 3. The fourth-order valence-corrected chi connectivity index (χ4v) is 2.74. The van der Waals surface area contributed by atoms with Gasteiger partial charge in [0.05, 0.1) is 6.33 Å². The zero-order valence-corrected chi connectivity index (χ0v) is 9.61. The summed E-state index contributed by atoms with van der Waals surface area (Å²) in [6.07, 6.45) is 8.83. The minimum atomic E-state index is 0.581. The van der Waals surface area contributed by atoms with Crippen LogP contribution in [0.15, 0.2) is 12.7 Å². The number of imidazole rings is 1. The molecule has 4 rings (SSSR count). The van der Waals surface area contributed by atoms with E-state index in [0.717, 1.165) is 29.4 Å². The van der Waals surface area contributed by atoms with Gasteiger partial charge in [0.2, 0.25) is 0 Å². The van der Waals surface area contributed by atoms with Gasteiger partial charge in [0.25, 0.3) is 0 Å². The van der Waals surface area contributed by atoms with Crippen LogP contribution in [0.3, 0.4) is 0 Å². The van der Waals surface area contributed by atoms with E-state index < -0.39 is 0 Å². The largest absolute Gasteiger partial charge is 0.368 e. The average Bonchev–Trinajstić information content (AvgIpc) is 3.24. The molecule has 2 saturated carbocycles. The molecule has 0 radical (unpaired) electrons. The summed E-state index contributed by atoms with van der Waals surface area (Å²) >= 11 is 0. The summed E-state index contributed by atoms with van der Waals surface area (Å²) in [7, 11) is 0. The van der Waals surface area contributed by atoms with Crippen molar-refractivity contribution in [1.82, 2.24) is 19.9 Å². The Labute approximate surface area is 99.1 Å². The molecule has 0 saturated heterocycles. The van der Waals surface area contributed by atoms with Crippen molar-refractivity contribution in [3.63, 3.8) is 0 Å². The zero-order valence-electron chi connectivity index (χ0n) is 9.61. The number of anilines is 1. The Morgan fingerprint density at radius 3 is 2.94 bits per heavy atom. The van der Waals surface area contributed by atoms with Crippen molar-refractivity contribution >= 4 is 17.0 Å². The summed E-state index contributed by atoms with van der Waals surface area (Å²) in [5.41, 5.74) is 2.23. The molecule has 5 nitrogen and oxygen atoms in total. The van der Waals surface area contributed by atoms with Crippen LogP contribution in [0.1, 0.15) is 25.7 Å². The van der Waals surface area contributed by atoms with E-state index in [1.54, 1.807) is 12.7 Å². The summed E-state index contributed by atoms with van der Waals surface area (Å²) in [4.78, 5) is 15.6. The second-order valence-corrected chi connectivity index (χ2v) is 5.31. The first-order valence-corrected chi connectivity index (χ1v) is 6.25. The van der Waals surface area contributed by atoms with Gasteiger partial charge in [-0.3, -0.25) is 0 Å². The van der Waals surface area contributed by atoms with E-state index in [0.29, 0.717) is 5.41 Å². The van der Waals surface area contributed by atoms with Gasteiger partial charge >= 0.3 is 0 Å². The van der Waals surface area contributed by atoms with E-state index in [1.165, 1.54) is 25.7 Å². The lowest BCUT2D eigenvalue weighted by Gasteiger charge is -2.15. The molecule has 0 atom stereocenters. The highest BCUT2D eigenvalue weighted by atomic mass is 15.1. The molecule has 0 bridgehead atoms. The van der Waals surface area contributed by atoms with Crippen LogP contribution in [0.5, 0.6) is 0 Å². The lowest BCUT2D eigenvalue weighted by atomic mass is 10.0. The Balaban J connectivity index is 1.56. The van der Waals surface area contributed by atoms with E-state index in [9.17, 15) is 0 Å². The van der Waals surface area contributed by atoms with Crippen LogP contribution in [0.25, 0.3) is 11.2 Å². The Hall–Kier alpha value is -1.65. The van der Waals surface area contributed by atoms with Crippen LogP contribution >= 0.6 is 0 Å². The third-order valence-corrected chi connectivity index (χ3v) is 4.17. The molecule has 2 aromatic rings. The summed E-state index contributed by atoms with van der Waals surface area (Å²) < 4.78 is 0. The van der Waals surface area contributed by atoms with Crippen molar-refractivity contribution in [3.05, 3.63) is 12.7 Å². The van der Waals surface area contributed by atoms with Gasteiger partial charge in [-0.15, -0.1) is 0 Å². The van der Waals surface area contributed by atoms with Gasteiger partial charge in [-0.25, -0.2) is 15.0 Å². The van der Waals surface area contributed by atoms with Crippen LogP contribution in [0, 0.1) is 11.3 Å². The number of H-pyrrole nitrogens is 1. The van der Waals surface area contributed by atoms with Crippen LogP contribution in [-0.4, -0.2) is 26.5 Å². The fourth-order valence-electron chi connectivity index (χ4n) is 2.74. The second-order valence-electron chi connectivity index (χ2n) is 5.31. The predicted octanol–water partition coefficient (Wildman–Crippen LogP) is 1.95. The van der Waals surface area contributed by atoms with Crippen LogP contribution in [0.2, 0.25) is 0 Å². The topological polar surface area (TPSA) is 66.5 Å². The number of hydrogen-bond acceptors (Lipinski definition) is 4. The molecule has 0 unspecified atom stereocenters. The number of fused-ring (bicyclic) bond motifs is 1. The summed E-state index contributed by atoms with van der Waals surface area (Å²) in [5, 5.41) is 3.48. The lowest BCUT2D eigenvalue weighted by molar-refractivity contribution is 0.466. The Kier molecular flexibility index (Phi) is 1.76. The van der Waals surface area contributed by atoms with Gasteiger partial charge in [0, 0.05) is 6.54 Å². The maximum absolute atomic E-state index is 4.30. The molecular formula is C12H15N5. The summed E-state index contributed by atoms with van der Waals surface area (Å²) in [5.74, 6) is 1.86. The normalized spacial score (nSPS) is 21.6. The number of aromatic nitrogens is 4. The molecule has 2 heterocycles. The fraction of sp³-hybridized carbons (Fsp3) is 0.583. The van der Waals surface area contributed by atoms with E-state index in [2.05, 4.69) is 25.3 Å². The molecule has 2 N–H and O–H groups in total.